The van der Waals surface area contributed by atoms with Crippen LogP contribution in [0.25, 0.3) is 0 Å². The van der Waals surface area contributed by atoms with Crippen molar-refractivity contribution in [3.63, 3.8) is 0 Å². The number of nitrogens with zero attached hydrogens (tertiary/aromatic N) is 1. The number of ether oxygens (including phenoxy) is 1. The van der Waals surface area contributed by atoms with Crippen LogP contribution in [0.2, 0.25) is 0 Å². The Morgan fingerprint density at radius 1 is 1.43 bits per heavy atom. The van der Waals surface area contributed by atoms with Crippen LogP contribution in [-0.4, -0.2) is 20.5 Å². The molecule has 5 nitrogen and oxygen atoms in total. The molecule has 1 aromatic carbocycles. The maximum Gasteiger partial charge on any atom is 0.241 e. The van der Waals surface area contributed by atoms with Crippen molar-refractivity contribution in [3.05, 3.63) is 38.8 Å². The zero-order chi connectivity index (χ0) is 15.6. The van der Waals surface area contributed by atoms with Crippen LogP contribution in [-0.2, 0) is 10.0 Å². The molecule has 2 aromatic rings. The molecule has 21 heavy (non-hydrogen) atoms. The van der Waals surface area contributed by atoms with E-state index in [1.807, 2.05) is 12.3 Å². The topological polar surface area (TPSA) is 68.3 Å². The van der Waals surface area contributed by atoms with Crippen molar-refractivity contribution in [2.45, 2.75) is 24.8 Å². The van der Waals surface area contributed by atoms with Crippen molar-refractivity contribution in [1.29, 1.82) is 0 Å². The van der Waals surface area contributed by atoms with E-state index >= 15 is 0 Å². The number of aryl methyl sites for hydroxylation is 1. The molecule has 0 radical (unpaired) electrons. The highest BCUT2D eigenvalue weighted by atomic mass is 79.9. The maximum atomic E-state index is 12.4. The fourth-order valence-electron chi connectivity index (χ4n) is 1.74. The third-order valence-corrected chi connectivity index (χ3v) is 6.08. The van der Waals surface area contributed by atoms with Crippen LogP contribution < -0.4 is 9.46 Å². The van der Waals surface area contributed by atoms with Crippen molar-refractivity contribution >= 4 is 37.3 Å². The summed E-state index contributed by atoms with van der Waals surface area (Å²) in [4.78, 5) is 4.47. The second-order valence-corrected chi connectivity index (χ2v) is 7.92. The largest absolute Gasteiger partial charge is 0.496 e. The Labute approximate surface area is 136 Å². The third kappa shape index (κ3) is 3.82. The Morgan fingerprint density at radius 3 is 2.67 bits per heavy atom. The number of hydrogen-bond donors (Lipinski definition) is 1. The lowest BCUT2D eigenvalue weighted by Crippen LogP contribution is -2.26. The predicted octanol–water partition coefficient (Wildman–Crippen LogP) is 3.26. The molecule has 0 saturated heterocycles. The molecule has 0 aliphatic heterocycles. The van der Waals surface area contributed by atoms with E-state index < -0.39 is 10.0 Å². The number of rotatable bonds is 5. The van der Waals surface area contributed by atoms with Crippen LogP contribution in [0.3, 0.4) is 0 Å². The maximum absolute atomic E-state index is 12.4. The van der Waals surface area contributed by atoms with Gasteiger partial charge in [0.1, 0.15) is 10.8 Å². The summed E-state index contributed by atoms with van der Waals surface area (Å²) in [5, 5.41) is 2.63. The molecular weight excluding hydrogens is 376 g/mol. The van der Waals surface area contributed by atoms with E-state index in [2.05, 4.69) is 25.6 Å². The molecule has 0 aliphatic carbocycles. The Morgan fingerprint density at radius 2 is 2.14 bits per heavy atom. The molecule has 0 saturated carbocycles. The van der Waals surface area contributed by atoms with E-state index in [9.17, 15) is 8.42 Å². The van der Waals surface area contributed by atoms with Crippen LogP contribution in [0.5, 0.6) is 5.75 Å². The first-order valence-corrected chi connectivity index (χ1v) is 9.27. The second kappa shape index (κ2) is 6.43. The van der Waals surface area contributed by atoms with E-state index in [4.69, 9.17) is 4.74 Å². The molecule has 114 valence electrons. The van der Waals surface area contributed by atoms with Gasteiger partial charge in [0.15, 0.2) is 0 Å². The molecule has 1 unspecified atom stereocenters. The normalized spacial score (nSPS) is 13.1. The molecule has 0 spiro atoms. The van der Waals surface area contributed by atoms with Gasteiger partial charge in [0.25, 0.3) is 0 Å². The van der Waals surface area contributed by atoms with Gasteiger partial charge in [0, 0.05) is 11.1 Å². The molecule has 0 amide bonds. The van der Waals surface area contributed by atoms with Gasteiger partial charge in [-0.3, -0.25) is 0 Å². The monoisotopic (exact) mass is 390 g/mol. The Kier molecular flexibility index (Phi) is 5.03. The number of sulfonamides is 1. The molecule has 1 atom stereocenters. The van der Waals surface area contributed by atoms with Crippen molar-refractivity contribution in [2.75, 3.05) is 7.11 Å². The quantitative estimate of drug-likeness (QED) is 0.850. The van der Waals surface area contributed by atoms with Crippen LogP contribution in [0.1, 0.15) is 23.7 Å². The number of halogens is 1. The van der Waals surface area contributed by atoms with Gasteiger partial charge in [-0.15, -0.1) is 11.3 Å². The number of methoxy groups -OCH3 is 1. The summed E-state index contributed by atoms with van der Waals surface area (Å²) in [6.07, 6.45) is 0. The first-order valence-electron chi connectivity index (χ1n) is 6.11. The highest BCUT2D eigenvalue weighted by Gasteiger charge is 2.21. The zero-order valence-corrected chi connectivity index (χ0v) is 15.0. The fraction of sp³-hybridized carbons (Fsp3) is 0.308. The first kappa shape index (κ1) is 16.4. The molecule has 0 aliphatic rings. The lowest BCUT2D eigenvalue weighted by Gasteiger charge is -2.13. The standard InChI is InChI=1S/C13H15BrN2O3S2/c1-8-7-20-13(15-8)9(2)16-21(17,18)10-4-5-12(19-3)11(14)6-10/h4-7,9,16H,1-3H3. The first-order chi connectivity index (χ1) is 9.83. The molecule has 8 heteroatoms. The van der Waals surface area contributed by atoms with Gasteiger partial charge in [0.2, 0.25) is 10.0 Å². The molecule has 0 fully saturated rings. The van der Waals surface area contributed by atoms with Gasteiger partial charge in [-0.05, 0) is 48.0 Å². The second-order valence-electron chi connectivity index (χ2n) is 4.47. The van der Waals surface area contributed by atoms with E-state index in [1.54, 1.807) is 13.0 Å². The SMILES string of the molecule is COc1ccc(S(=O)(=O)NC(C)c2nc(C)cs2)cc1Br. The molecule has 1 heterocycles. The summed E-state index contributed by atoms with van der Waals surface area (Å²) in [6, 6.07) is 4.25. The lowest BCUT2D eigenvalue weighted by molar-refractivity contribution is 0.411. The summed E-state index contributed by atoms with van der Waals surface area (Å²) >= 11 is 4.72. The third-order valence-electron chi connectivity index (χ3n) is 2.77. The van der Waals surface area contributed by atoms with Crippen molar-refractivity contribution < 1.29 is 13.2 Å². The van der Waals surface area contributed by atoms with Crippen LogP contribution >= 0.6 is 27.3 Å². The summed E-state index contributed by atoms with van der Waals surface area (Å²) < 4.78 is 33.1. The van der Waals surface area contributed by atoms with Gasteiger partial charge in [-0.25, -0.2) is 18.1 Å². The molecule has 0 bridgehead atoms. The fourth-order valence-corrected chi connectivity index (χ4v) is 4.54. The van der Waals surface area contributed by atoms with Gasteiger partial charge in [-0.2, -0.15) is 0 Å². The van der Waals surface area contributed by atoms with Gasteiger partial charge in [-0.1, -0.05) is 0 Å². The van der Waals surface area contributed by atoms with Crippen molar-refractivity contribution in [1.82, 2.24) is 9.71 Å². The number of nitrogens with one attached hydrogen (secondary N) is 1. The molecule has 1 N–H and O–H groups in total. The minimum absolute atomic E-state index is 0.176. The smallest absolute Gasteiger partial charge is 0.241 e. The summed E-state index contributed by atoms with van der Waals surface area (Å²) in [5.41, 5.74) is 0.883. The number of aromatic nitrogens is 1. The Bertz CT molecular complexity index is 744. The predicted molar refractivity (Wildman–Crippen MR) is 86.3 cm³/mol. The highest BCUT2D eigenvalue weighted by Crippen LogP contribution is 2.28. The van der Waals surface area contributed by atoms with Gasteiger partial charge >= 0.3 is 0 Å². The van der Waals surface area contributed by atoms with Crippen molar-refractivity contribution in [2.24, 2.45) is 0 Å². The summed E-state index contributed by atoms with van der Waals surface area (Å²) in [5.74, 6) is 0.581. The van der Waals surface area contributed by atoms with Gasteiger partial charge in [0.05, 0.1) is 22.5 Å². The molecule has 1 aromatic heterocycles. The van der Waals surface area contributed by atoms with Crippen molar-refractivity contribution in [3.8, 4) is 5.75 Å². The Balaban J connectivity index is 2.24. The minimum atomic E-state index is -3.61. The van der Waals surface area contributed by atoms with E-state index in [0.29, 0.717) is 10.2 Å². The summed E-state index contributed by atoms with van der Waals surface area (Å²) in [7, 11) is -2.09. The summed E-state index contributed by atoms with van der Waals surface area (Å²) in [6.45, 7) is 3.65. The van der Waals surface area contributed by atoms with Gasteiger partial charge < -0.3 is 4.74 Å². The lowest BCUT2D eigenvalue weighted by atomic mass is 10.3. The van der Waals surface area contributed by atoms with E-state index in [-0.39, 0.29) is 10.9 Å². The minimum Gasteiger partial charge on any atom is -0.496 e. The Hall–Kier alpha value is -0.960. The zero-order valence-electron chi connectivity index (χ0n) is 11.8. The average molecular weight is 391 g/mol. The van der Waals surface area contributed by atoms with Crippen LogP contribution in [0.4, 0.5) is 0 Å². The number of benzene rings is 1. The number of hydrogen-bond acceptors (Lipinski definition) is 5. The van der Waals surface area contributed by atoms with Crippen LogP contribution in [0.15, 0.2) is 32.9 Å². The van der Waals surface area contributed by atoms with Crippen LogP contribution in [0, 0.1) is 6.92 Å². The number of thiazole rings is 1. The van der Waals surface area contributed by atoms with E-state index in [0.717, 1.165) is 10.7 Å². The highest BCUT2D eigenvalue weighted by molar-refractivity contribution is 9.10. The molecule has 2 rings (SSSR count). The average Bonchev–Trinajstić information content (AvgIpc) is 2.85. The van der Waals surface area contributed by atoms with E-state index in [1.165, 1.54) is 30.6 Å². The molecular formula is C13H15BrN2O3S2.